The maximum atomic E-state index is 13.5. The minimum atomic E-state index is -3.92. The highest BCUT2D eigenvalue weighted by atomic mass is 32.2. The molecule has 0 radical (unpaired) electrons. The summed E-state index contributed by atoms with van der Waals surface area (Å²) in [5.41, 5.74) is 2.37. The summed E-state index contributed by atoms with van der Waals surface area (Å²) in [7, 11) is -4.54. The van der Waals surface area contributed by atoms with Gasteiger partial charge < -0.3 is 14.6 Å². The molecule has 3 aromatic rings. The molecular weight excluding hydrogens is 665 g/mol. The number of hydrogen-bond donors (Lipinski definition) is 2. The molecule has 1 saturated heterocycles. The van der Waals surface area contributed by atoms with E-state index < -0.39 is 18.3 Å². The lowest BCUT2D eigenvalue weighted by atomic mass is 10.0. The van der Waals surface area contributed by atoms with Crippen molar-refractivity contribution in [3.8, 4) is 10.4 Å². The fraction of sp³-hybridized carbons (Fsp3) is 0.529. The Hall–Kier alpha value is -3.17. The number of fused-ring (bicyclic) bond motifs is 1. The monoisotopic (exact) mass is 710 g/mol. The maximum absolute atomic E-state index is 13.5. The molecule has 0 bridgehead atoms. The number of nitrogens with one attached hydrogen (secondary N) is 2. The van der Waals surface area contributed by atoms with Crippen LogP contribution in [0.5, 0.6) is 0 Å². The van der Waals surface area contributed by atoms with Crippen molar-refractivity contribution in [1.29, 1.82) is 0 Å². The number of thiazole rings is 1. The highest BCUT2D eigenvalue weighted by Gasteiger charge is 2.42. The van der Waals surface area contributed by atoms with E-state index in [1.54, 1.807) is 15.9 Å². The molecule has 1 saturated carbocycles. The zero-order chi connectivity index (χ0) is 34.8. The Morgan fingerprint density at radius 1 is 1.12 bits per heavy atom. The maximum Gasteiger partial charge on any atom is 0.256 e. The first-order chi connectivity index (χ1) is 22.5. The summed E-state index contributed by atoms with van der Waals surface area (Å²) >= 11 is 1.38. The molecule has 48 heavy (non-hydrogen) atoms. The molecule has 4 heterocycles. The number of pyridine rings is 1. The van der Waals surface area contributed by atoms with Crippen LogP contribution in [0.2, 0.25) is 18.1 Å². The summed E-state index contributed by atoms with van der Waals surface area (Å²) in [6.45, 7) is 15.8. The lowest BCUT2D eigenvalue weighted by Crippen LogP contribution is -2.45. The van der Waals surface area contributed by atoms with Crippen molar-refractivity contribution < 1.29 is 22.4 Å². The summed E-state index contributed by atoms with van der Waals surface area (Å²) in [6.07, 6.45) is 3.34. The van der Waals surface area contributed by atoms with Gasteiger partial charge >= 0.3 is 0 Å². The van der Waals surface area contributed by atoms with Crippen molar-refractivity contribution >= 4 is 58.3 Å². The minimum absolute atomic E-state index is 0.00737. The van der Waals surface area contributed by atoms with Crippen molar-refractivity contribution in [3.05, 3.63) is 47.2 Å². The standard InChI is InChI=1S/C34H46N6O5S2Si/c1-20-31(23-16-24-18-39(21(2)22-12-13-22)32(42)30(24)26(17-23)47(43,44)35-6)46-33(36-20)38-27-10-9-11-28(37-27)40-25(14-15-29(40)41)19-45-48(7,8)34(3,4)5/h9-11,16-17,21-22,25,35H,12-15,18-19H2,1-8H3,(H,36,37,38)/t21?,25-/m1/s1. The number of nitrogens with zero attached hydrogens (tertiary/aromatic N) is 4. The summed E-state index contributed by atoms with van der Waals surface area (Å²) in [6, 6.07) is 9.02. The van der Waals surface area contributed by atoms with Gasteiger partial charge in [0.05, 0.1) is 33.7 Å². The van der Waals surface area contributed by atoms with Crippen molar-refractivity contribution in [2.45, 2.75) is 102 Å². The first-order valence-electron chi connectivity index (χ1n) is 16.6. The molecule has 2 N–H and O–H groups in total. The van der Waals surface area contributed by atoms with Crippen molar-refractivity contribution in [2.24, 2.45) is 5.92 Å². The largest absolute Gasteiger partial charge is 0.415 e. The second-order valence-corrected chi connectivity index (χ2v) is 22.4. The van der Waals surface area contributed by atoms with Crippen molar-refractivity contribution in [3.63, 3.8) is 0 Å². The Kier molecular flexibility index (Phi) is 9.11. The molecule has 2 fully saturated rings. The van der Waals surface area contributed by atoms with Gasteiger partial charge in [0.1, 0.15) is 11.6 Å². The van der Waals surface area contributed by atoms with E-state index in [2.05, 4.69) is 43.9 Å². The van der Waals surface area contributed by atoms with Crippen LogP contribution in [-0.2, 0) is 25.8 Å². The van der Waals surface area contributed by atoms with Gasteiger partial charge in [0.15, 0.2) is 13.4 Å². The summed E-state index contributed by atoms with van der Waals surface area (Å²) in [4.78, 5) is 40.5. The number of benzene rings is 1. The van der Waals surface area contributed by atoms with E-state index in [4.69, 9.17) is 14.4 Å². The molecule has 11 nitrogen and oxygen atoms in total. The average molecular weight is 711 g/mol. The number of carbonyl (C=O) groups excluding carboxylic acids is 2. The molecule has 6 rings (SSSR count). The van der Waals surface area contributed by atoms with Crippen molar-refractivity contribution in [2.75, 3.05) is 23.9 Å². The topological polar surface area (TPSA) is 134 Å². The molecule has 2 amide bonds. The molecule has 2 atom stereocenters. The summed E-state index contributed by atoms with van der Waals surface area (Å²) < 4.78 is 35.3. The van der Waals surface area contributed by atoms with Crippen LogP contribution in [0.15, 0.2) is 35.2 Å². The third-order valence-electron chi connectivity index (χ3n) is 10.4. The molecule has 14 heteroatoms. The molecular formula is C34H46N6O5S2Si. The van der Waals surface area contributed by atoms with Gasteiger partial charge in [-0.05, 0) is 99.6 Å². The van der Waals surface area contributed by atoms with Gasteiger partial charge in [-0.25, -0.2) is 23.1 Å². The van der Waals surface area contributed by atoms with E-state index >= 15 is 0 Å². The number of aromatic nitrogens is 2. The molecule has 3 aliphatic rings. The van der Waals surface area contributed by atoms with E-state index in [9.17, 15) is 18.0 Å². The van der Waals surface area contributed by atoms with Gasteiger partial charge in [-0.2, -0.15) is 0 Å². The zero-order valence-corrected chi connectivity index (χ0v) is 31.6. The third kappa shape index (κ3) is 6.57. The van der Waals surface area contributed by atoms with Crippen LogP contribution in [0.1, 0.15) is 75.0 Å². The van der Waals surface area contributed by atoms with Gasteiger partial charge in [0.2, 0.25) is 15.9 Å². The molecule has 1 aromatic carbocycles. The number of aryl methyl sites for hydroxylation is 1. The average Bonchev–Trinajstić information content (AvgIpc) is 3.61. The Labute approximate surface area is 288 Å². The summed E-state index contributed by atoms with van der Waals surface area (Å²) in [5.74, 6) is 1.36. The smallest absolute Gasteiger partial charge is 0.256 e. The predicted molar refractivity (Wildman–Crippen MR) is 192 cm³/mol. The van der Waals surface area contributed by atoms with Crippen molar-refractivity contribution in [1.82, 2.24) is 19.6 Å². The highest BCUT2D eigenvalue weighted by molar-refractivity contribution is 7.89. The van der Waals surface area contributed by atoms with Crippen LogP contribution in [-0.4, -0.2) is 69.2 Å². The zero-order valence-electron chi connectivity index (χ0n) is 29.0. The highest BCUT2D eigenvalue weighted by Crippen LogP contribution is 2.43. The number of carbonyl (C=O) groups is 2. The molecule has 1 unspecified atom stereocenters. The van der Waals surface area contributed by atoms with Gasteiger partial charge in [0.25, 0.3) is 5.91 Å². The van der Waals surface area contributed by atoms with Crippen LogP contribution >= 0.6 is 11.3 Å². The first kappa shape index (κ1) is 34.7. The van der Waals surface area contributed by atoms with Crippen LogP contribution in [0.3, 0.4) is 0 Å². The van der Waals surface area contributed by atoms with Gasteiger partial charge in [-0.15, -0.1) is 0 Å². The number of amides is 2. The van der Waals surface area contributed by atoms with Crippen LogP contribution in [0, 0.1) is 12.8 Å². The van der Waals surface area contributed by atoms with E-state index in [-0.39, 0.29) is 39.4 Å². The van der Waals surface area contributed by atoms with Gasteiger partial charge in [0, 0.05) is 19.0 Å². The fourth-order valence-corrected chi connectivity index (χ4v) is 9.24. The predicted octanol–water partition coefficient (Wildman–Crippen LogP) is 6.44. The van der Waals surface area contributed by atoms with Gasteiger partial charge in [-0.1, -0.05) is 38.2 Å². The van der Waals surface area contributed by atoms with E-state index in [0.717, 1.165) is 29.8 Å². The minimum Gasteiger partial charge on any atom is -0.415 e. The van der Waals surface area contributed by atoms with Crippen LogP contribution in [0.25, 0.3) is 10.4 Å². The fourth-order valence-electron chi connectivity index (χ4n) is 6.25. The van der Waals surface area contributed by atoms with E-state index in [0.29, 0.717) is 53.4 Å². The normalized spacial score (nSPS) is 19.3. The molecule has 1 aliphatic carbocycles. The number of anilines is 3. The third-order valence-corrected chi connectivity index (χ3v) is 17.5. The van der Waals surface area contributed by atoms with Crippen LogP contribution < -0.4 is 14.9 Å². The molecule has 258 valence electrons. The molecule has 2 aromatic heterocycles. The molecule has 0 spiro atoms. The first-order valence-corrected chi connectivity index (χ1v) is 21.8. The van der Waals surface area contributed by atoms with E-state index in [1.165, 1.54) is 18.4 Å². The lowest BCUT2D eigenvalue weighted by molar-refractivity contribution is -0.117. The quantitative estimate of drug-likeness (QED) is 0.218. The Bertz CT molecular complexity index is 1870. The van der Waals surface area contributed by atoms with Crippen LogP contribution in [0.4, 0.5) is 16.8 Å². The Balaban J connectivity index is 1.26. The second kappa shape index (κ2) is 12.6. The summed E-state index contributed by atoms with van der Waals surface area (Å²) in [5, 5.41) is 3.95. The molecule has 2 aliphatic heterocycles. The Morgan fingerprint density at radius 3 is 2.52 bits per heavy atom. The Morgan fingerprint density at radius 2 is 1.85 bits per heavy atom. The number of sulfonamides is 1. The second-order valence-electron chi connectivity index (χ2n) is 14.7. The SMILES string of the molecule is CNS(=O)(=O)c1cc(-c2sc(Nc3cccc(N4C(=O)CC[C@@H]4CO[Si](C)(C)C(C)(C)C)n3)nc2C)cc2c1C(=O)N(C(C)C1CC1)C2. The number of rotatable bonds is 11. The van der Waals surface area contributed by atoms with E-state index in [1.807, 2.05) is 38.1 Å². The van der Waals surface area contributed by atoms with Gasteiger partial charge in [-0.3, -0.25) is 14.5 Å². The lowest BCUT2D eigenvalue weighted by Gasteiger charge is -2.37. The number of hydrogen-bond acceptors (Lipinski definition) is 9.